The summed E-state index contributed by atoms with van der Waals surface area (Å²) in [5.74, 6) is 0.889. The summed E-state index contributed by atoms with van der Waals surface area (Å²) in [6.07, 6.45) is 4.07. The van der Waals surface area contributed by atoms with Crippen LogP contribution < -0.4 is 0 Å². The largest absolute Gasteiger partial charge is 0.299 e. The van der Waals surface area contributed by atoms with Gasteiger partial charge in [-0.25, -0.2) is 0 Å². The molecule has 0 unspecified atom stereocenters. The maximum Gasteiger partial charge on any atom is 0.138 e. The highest BCUT2D eigenvalue weighted by Gasteiger charge is 2.08. The van der Waals surface area contributed by atoms with Gasteiger partial charge in [-0.05, 0) is 32.3 Å². The Bertz CT molecular complexity index is 339. The molecule has 0 fully saturated rings. The summed E-state index contributed by atoms with van der Waals surface area (Å²) in [5.41, 5.74) is 0.891. The van der Waals surface area contributed by atoms with Crippen LogP contribution in [0, 0.1) is 5.92 Å². The first-order valence-corrected chi connectivity index (χ1v) is 6.04. The first-order chi connectivity index (χ1) is 7.49. The van der Waals surface area contributed by atoms with Crippen LogP contribution >= 0.6 is 0 Å². The van der Waals surface area contributed by atoms with Gasteiger partial charge in [0.15, 0.2) is 0 Å². The Balaban J connectivity index is 2.43. The second-order valence-electron chi connectivity index (χ2n) is 5.03. The van der Waals surface area contributed by atoms with E-state index in [-0.39, 0.29) is 0 Å². The Hall–Kier alpha value is -1.12. The predicted octanol–water partition coefficient (Wildman–Crippen LogP) is 3.01. The van der Waals surface area contributed by atoms with Gasteiger partial charge in [-0.3, -0.25) is 9.48 Å². The summed E-state index contributed by atoms with van der Waals surface area (Å²) < 4.78 is 1.89. The quantitative estimate of drug-likeness (QED) is 0.741. The fourth-order valence-corrected chi connectivity index (χ4v) is 1.50. The van der Waals surface area contributed by atoms with Gasteiger partial charge < -0.3 is 0 Å². The van der Waals surface area contributed by atoms with Gasteiger partial charge in [-0.2, -0.15) is 5.10 Å². The summed E-state index contributed by atoms with van der Waals surface area (Å²) in [6.45, 7) is 8.44. The molecule has 1 aromatic rings. The van der Waals surface area contributed by atoms with Gasteiger partial charge >= 0.3 is 0 Å². The molecule has 0 N–H and O–H groups in total. The highest BCUT2D eigenvalue weighted by Crippen LogP contribution is 2.08. The maximum absolute atomic E-state index is 11.6. The SMILES string of the molecule is CC(C)CCC(=O)Cc1ccn(C(C)C)n1. The molecule has 1 heterocycles. The van der Waals surface area contributed by atoms with Gasteiger partial charge in [0.25, 0.3) is 0 Å². The van der Waals surface area contributed by atoms with Crippen molar-refractivity contribution in [2.24, 2.45) is 5.92 Å². The Morgan fingerprint density at radius 2 is 2.06 bits per heavy atom. The third-order valence-electron chi connectivity index (χ3n) is 2.57. The average molecular weight is 222 g/mol. The minimum atomic E-state index is 0.294. The maximum atomic E-state index is 11.6. The molecule has 1 rings (SSSR count). The summed E-state index contributed by atoms with van der Waals surface area (Å²) in [4.78, 5) is 11.6. The fraction of sp³-hybridized carbons (Fsp3) is 0.692. The molecule has 0 atom stereocenters. The van der Waals surface area contributed by atoms with Gasteiger partial charge in [0.05, 0.1) is 12.1 Å². The van der Waals surface area contributed by atoms with Crippen LogP contribution in [0.4, 0.5) is 0 Å². The Morgan fingerprint density at radius 1 is 1.38 bits per heavy atom. The lowest BCUT2D eigenvalue weighted by Gasteiger charge is -2.04. The first kappa shape index (κ1) is 12.9. The molecule has 90 valence electrons. The highest BCUT2D eigenvalue weighted by molar-refractivity contribution is 5.80. The van der Waals surface area contributed by atoms with E-state index in [1.165, 1.54) is 0 Å². The summed E-state index contributed by atoms with van der Waals surface area (Å²) in [6, 6.07) is 2.30. The van der Waals surface area contributed by atoms with Crippen LogP contribution in [0.1, 0.15) is 52.3 Å². The number of hydrogen-bond donors (Lipinski definition) is 0. The minimum absolute atomic E-state index is 0.294. The normalized spacial score (nSPS) is 11.4. The number of hydrogen-bond acceptors (Lipinski definition) is 2. The molecule has 0 spiro atoms. The summed E-state index contributed by atoms with van der Waals surface area (Å²) in [7, 11) is 0. The van der Waals surface area contributed by atoms with E-state index >= 15 is 0 Å². The van der Waals surface area contributed by atoms with Crippen LogP contribution in [0.25, 0.3) is 0 Å². The van der Waals surface area contributed by atoms with Crippen LogP contribution in [-0.4, -0.2) is 15.6 Å². The van der Waals surface area contributed by atoms with Gasteiger partial charge in [0, 0.05) is 18.7 Å². The Morgan fingerprint density at radius 3 is 2.56 bits per heavy atom. The van der Waals surface area contributed by atoms with Crippen LogP contribution in [-0.2, 0) is 11.2 Å². The Labute approximate surface area is 97.8 Å². The number of ketones is 1. The second kappa shape index (κ2) is 5.83. The Kier molecular flexibility index (Phi) is 4.71. The number of carbonyl (C=O) groups is 1. The molecule has 0 aliphatic rings. The number of aromatic nitrogens is 2. The molecule has 0 aliphatic carbocycles. The lowest BCUT2D eigenvalue weighted by Crippen LogP contribution is -2.07. The van der Waals surface area contributed by atoms with Crippen LogP contribution in [0.5, 0.6) is 0 Å². The molecule has 1 aromatic heterocycles. The zero-order chi connectivity index (χ0) is 12.1. The predicted molar refractivity (Wildman–Crippen MR) is 65.4 cm³/mol. The number of nitrogens with zero attached hydrogens (tertiary/aromatic N) is 2. The molecule has 0 aliphatic heterocycles. The summed E-state index contributed by atoms with van der Waals surface area (Å²) in [5, 5.41) is 4.37. The van der Waals surface area contributed by atoms with Crippen molar-refractivity contribution < 1.29 is 4.79 Å². The van der Waals surface area contributed by atoms with E-state index in [2.05, 4.69) is 32.8 Å². The number of carbonyl (C=O) groups excluding carboxylic acids is 1. The van der Waals surface area contributed by atoms with Crippen molar-refractivity contribution in [2.45, 2.75) is 53.0 Å². The van der Waals surface area contributed by atoms with E-state index in [1.807, 2.05) is 16.9 Å². The average Bonchev–Trinajstić information content (AvgIpc) is 2.63. The standard InChI is InChI=1S/C13H22N2O/c1-10(2)5-6-13(16)9-12-7-8-15(14-12)11(3)4/h7-8,10-11H,5-6,9H2,1-4H3. The monoisotopic (exact) mass is 222 g/mol. The number of rotatable bonds is 6. The molecule has 16 heavy (non-hydrogen) atoms. The molecule has 0 saturated carbocycles. The second-order valence-corrected chi connectivity index (χ2v) is 5.03. The molecule has 0 saturated heterocycles. The van der Waals surface area contributed by atoms with E-state index in [1.54, 1.807) is 0 Å². The van der Waals surface area contributed by atoms with Crippen molar-refractivity contribution in [3.8, 4) is 0 Å². The zero-order valence-corrected chi connectivity index (χ0v) is 10.7. The topological polar surface area (TPSA) is 34.9 Å². The van der Waals surface area contributed by atoms with Crippen LogP contribution in [0.3, 0.4) is 0 Å². The molecule has 3 nitrogen and oxygen atoms in total. The van der Waals surface area contributed by atoms with Crippen LogP contribution in [0.2, 0.25) is 0 Å². The minimum Gasteiger partial charge on any atom is -0.299 e. The van der Waals surface area contributed by atoms with Crippen molar-refractivity contribution in [2.75, 3.05) is 0 Å². The molecule has 0 aromatic carbocycles. The molecule has 0 bridgehead atoms. The van der Waals surface area contributed by atoms with Crippen LogP contribution in [0.15, 0.2) is 12.3 Å². The first-order valence-electron chi connectivity index (χ1n) is 6.04. The van der Waals surface area contributed by atoms with Gasteiger partial charge in [-0.1, -0.05) is 13.8 Å². The van der Waals surface area contributed by atoms with Gasteiger partial charge in [0.1, 0.15) is 5.78 Å². The van der Waals surface area contributed by atoms with E-state index in [9.17, 15) is 4.79 Å². The van der Waals surface area contributed by atoms with E-state index < -0.39 is 0 Å². The van der Waals surface area contributed by atoms with Gasteiger partial charge in [-0.15, -0.1) is 0 Å². The zero-order valence-electron chi connectivity index (χ0n) is 10.7. The highest BCUT2D eigenvalue weighted by atomic mass is 16.1. The lowest BCUT2D eigenvalue weighted by molar-refractivity contribution is -0.118. The molecule has 0 amide bonds. The van der Waals surface area contributed by atoms with Gasteiger partial charge in [0.2, 0.25) is 0 Å². The van der Waals surface area contributed by atoms with Crippen molar-refractivity contribution in [1.29, 1.82) is 0 Å². The molecule has 0 radical (unpaired) electrons. The van der Waals surface area contributed by atoms with Crippen molar-refractivity contribution in [1.82, 2.24) is 9.78 Å². The van der Waals surface area contributed by atoms with Crippen molar-refractivity contribution in [3.05, 3.63) is 18.0 Å². The third-order valence-corrected chi connectivity index (χ3v) is 2.57. The number of Topliss-reactive ketones (excluding diaryl/α,β-unsaturated/α-hetero) is 1. The lowest BCUT2D eigenvalue weighted by atomic mass is 10.0. The molecule has 3 heteroatoms. The summed E-state index contributed by atoms with van der Waals surface area (Å²) >= 11 is 0. The van der Waals surface area contributed by atoms with Crippen molar-refractivity contribution in [3.63, 3.8) is 0 Å². The third kappa shape index (κ3) is 4.17. The van der Waals surface area contributed by atoms with Crippen molar-refractivity contribution >= 4 is 5.78 Å². The van der Waals surface area contributed by atoms with E-state index in [0.29, 0.717) is 30.6 Å². The fourth-order valence-electron chi connectivity index (χ4n) is 1.50. The van der Waals surface area contributed by atoms with E-state index in [4.69, 9.17) is 0 Å². The molecular formula is C13H22N2O. The molecular weight excluding hydrogens is 200 g/mol. The smallest absolute Gasteiger partial charge is 0.138 e. The van der Waals surface area contributed by atoms with E-state index in [0.717, 1.165) is 12.1 Å².